The quantitative estimate of drug-likeness (QED) is 0.818. The summed E-state index contributed by atoms with van der Waals surface area (Å²) >= 11 is 12.2. The van der Waals surface area contributed by atoms with Crippen molar-refractivity contribution in [3.05, 3.63) is 40.0 Å². The van der Waals surface area contributed by atoms with Crippen LogP contribution in [0.2, 0.25) is 10.0 Å². The van der Waals surface area contributed by atoms with Gasteiger partial charge in [-0.15, -0.1) is 0 Å². The lowest BCUT2D eigenvalue weighted by Gasteiger charge is -2.01. The summed E-state index contributed by atoms with van der Waals surface area (Å²) < 4.78 is 0. The lowest BCUT2D eigenvalue weighted by atomic mass is 10.1. The molecular formula is C13H15Cl2N3. The van der Waals surface area contributed by atoms with Crippen LogP contribution in [0.4, 0.5) is 0 Å². The second kappa shape index (κ2) is 6.23. The number of H-pyrrole nitrogens is 1. The SMILES string of the molecule is CCCNCc1cc(-c2cccc(Cl)c2Cl)n[nH]1. The fraction of sp³-hybridized carbons (Fsp3) is 0.308. The smallest absolute Gasteiger partial charge is 0.0939 e. The van der Waals surface area contributed by atoms with E-state index in [1.165, 1.54) is 0 Å². The molecule has 0 aliphatic carbocycles. The molecule has 18 heavy (non-hydrogen) atoms. The van der Waals surface area contributed by atoms with E-state index in [-0.39, 0.29) is 0 Å². The molecule has 0 unspecified atom stereocenters. The van der Waals surface area contributed by atoms with Crippen molar-refractivity contribution >= 4 is 23.2 Å². The molecule has 1 aromatic heterocycles. The molecule has 96 valence electrons. The molecule has 2 N–H and O–H groups in total. The first-order valence-corrected chi connectivity index (χ1v) is 6.67. The first-order valence-electron chi connectivity index (χ1n) is 5.91. The van der Waals surface area contributed by atoms with Crippen LogP contribution in [0.1, 0.15) is 19.0 Å². The number of rotatable bonds is 5. The molecule has 0 saturated heterocycles. The van der Waals surface area contributed by atoms with Crippen molar-refractivity contribution in [1.29, 1.82) is 0 Å². The van der Waals surface area contributed by atoms with Crippen LogP contribution in [0.3, 0.4) is 0 Å². The highest BCUT2D eigenvalue weighted by Gasteiger charge is 2.09. The maximum absolute atomic E-state index is 6.16. The molecule has 5 heteroatoms. The molecule has 0 aliphatic rings. The van der Waals surface area contributed by atoms with Crippen LogP contribution in [-0.4, -0.2) is 16.7 Å². The number of benzene rings is 1. The maximum atomic E-state index is 6.16. The van der Waals surface area contributed by atoms with Crippen molar-refractivity contribution in [3.63, 3.8) is 0 Å². The lowest BCUT2D eigenvalue weighted by molar-refractivity contribution is 0.662. The highest BCUT2D eigenvalue weighted by molar-refractivity contribution is 6.43. The van der Waals surface area contributed by atoms with E-state index < -0.39 is 0 Å². The molecular weight excluding hydrogens is 269 g/mol. The minimum atomic E-state index is 0.540. The summed E-state index contributed by atoms with van der Waals surface area (Å²) in [4.78, 5) is 0. The van der Waals surface area contributed by atoms with E-state index in [0.717, 1.165) is 36.5 Å². The number of hydrogen-bond acceptors (Lipinski definition) is 2. The first kappa shape index (κ1) is 13.4. The van der Waals surface area contributed by atoms with Crippen LogP contribution < -0.4 is 5.32 Å². The zero-order valence-electron chi connectivity index (χ0n) is 10.1. The van der Waals surface area contributed by atoms with Gasteiger partial charge in [-0.2, -0.15) is 5.10 Å². The second-order valence-electron chi connectivity index (χ2n) is 4.06. The summed E-state index contributed by atoms with van der Waals surface area (Å²) in [5.41, 5.74) is 2.70. The van der Waals surface area contributed by atoms with Crippen LogP contribution in [0.15, 0.2) is 24.3 Å². The Morgan fingerprint density at radius 3 is 2.94 bits per heavy atom. The molecule has 0 spiro atoms. The molecule has 1 aromatic carbocycles. The Bertz CT molecular complexity index is 523. The molecule has 2 rings (SSSR count). The Kier molecular flexibility index (Phi) is 4.64. The van der Waals surface area contributed by atoms with Crippen LogP contribution >= 0.6 is 23.2 Å². The number of aromatic amines is 1. The monoisotopic (exact) mass is 283 g/mol. The third-order valence-electron chi connectivity index (χ3n) is 2.60. The van der Waals surface area contributed by atoms with E-state index in [9.17, 15) is 0 Å². The van der Waals surface area contributed by atoms with E-state index in [4.69, 9.17) is 23.2 Å². The minimum absolute atomic E-state index is 0.540. The van der Waals surface area contributed by atoms with Gasteiger partial charge in [-0.25, -0.2) is 0 Å². The van der Waals surface area contributed by atoms with Gasteiger partial charge in [0.25, 0.3) is 0 Å². The summed E-state index contributed by atoms with van der Waals surface area (Å²) in [5.74, 6) is 0. The van der Waals surface area contributed by atoms with Crippen molar-refractivity contribution in [3.8, 4) is 11.3 Å². The number of nitrogens with zero attached hydrogens (tertiary/aromatic N) is 1. The highest BCUT2D eigenvalue weighted by Crippen LogP contribution is 2.32. The zero-order valence-corrected chi connectivity index (χ0v) is 11.6. The third kappa shape index (κ3) is 3.05. The van der Waals surface area contributed by atoms with Crippen molar-refractivity contribution < 1.29 is 0 Å². The molecule has 0 aliphatic heterocycles. The van der Waals surface area contributed by atoms with Gasteiger partial charge in [0.2, 0.25) is 0 Å². The predicted octanol–water partition coefficient (Wildman–Crippen LogP) is 3.88. The number of hydrogen-bond donors (Lipinski definition) is 2. The Morgan fingerprint density at radius 1 is 1.33 bits per heavy atom. The van der Waals surface area contributed by atoms with Gasteiger partial charge in [0.15, 0.2) is 0 Å². The molecule has 0 bridgehead atoms. The maximum Gasteiger partial charge on any atom is 0.0939 e. The van der Waals surface area contributed by atoms with Gasteiger partial charge < -0.3 is 5.32 Å². The van der Waals surface area contributed by atoms with Crippen molar-refractivity contribution in [2.24, 2.45) is 0 Å². The van der Waals surface area contributed by atoms with Crippen molar-refractivity contribution in [1.82, 2.24) is 15.5 Å². The van der Waals surface area contributed by atoms with Crippen molar-refractivity contribution in [2.75, 3.05) is 6.54 Å². The lowest BCUT2D eigenvalue weighted by Crippen LogP contribution is -2.13. The summed E-state index contributed by atoms with van der Waals surface area (Å²) in [7, 11) is 0. The van der Waals surface area contributed by atoms with E-state index >= 15 is 0 Å². The molecule has 0 amide bonds. The van der Waals surface area contributed by atoms with E-state index in [2.05, 4.69) is 22.4 Å². The Morgan fingerprint density at radius 2 is 2.17 bits per heavy atom. The van der Waals surface area contributed by atoms with Crippen LogP contribution in [-0.2, 0) is 6.54 Å². The summed E-state index contributed by atoms with van der Waals surface area (Å²) in [6.45, 7) is 3.91. The van der Waals surface area contributed by atoms with Crippen LogP contribution in [0, 0.1) is 0 Å². The van der Waals surface area contributed by atoms with Gasteiger partial charge in [0.05, 0.1) is 15.7 Å². The third-order valence-corrected chi connectivity index (χ3v) is 3.42. The number of nitrogens with one attached hydrogen (secondary N) is 2. The van der Waals surface area contributed by atoms with Gasteiger partial charge in [0.1, 0.15) is 0 Å². The van der Waals surface area contributed by atoms with E-state index in [1.807, 2.05) is 18.2 Å². The standard InChI is InChI=1S/C13H15Cl2N3/c1-2-6-16-8-9-7-12(18-17-9)10-4-3-5-11(14)13(10)15/h3-5,7,16H,2,6,8H2,1H3,(H,17,18). The Labute approximate surface area is 117 Å². The summed E-state index contributed by atoms with van der Waals surface area (Å²) in [6.07, 6.45) is 1.11. The zero-order chi connectivity index (χ0) is 13.0. The van der Waals surface area contributed by atoms with Gasteiger partial charge in [-0.05, 0) is 25.1 Å². The fourth-order valence-electron chi connectivity index (χ4n) is 1.69. The number of aromatic nitrogens is 2. The molecule has 0 radical (unpaired) electrons. The topological polar surface area (TPSA) is 40.7 Å². The largest absolute Gasteiger partial charge is 0.311 e. The minimum Gasteiger partial charge on any atom is -0.311 e. The Hall–Kier alpha value is -1.03. The molecule has 0 saturated carbocycles. The Balaban J connectivity index is 2.16. The van der Waals surface area contributed by atoms with Crippen molar-refractivity contribution in [2.45, 2.75) is 19.9 Å². The van der Waals surface area contributed by atoms with E-state index in [1.54, 1.807) is 6.07 Å². The van der Waals surface area contributed by atoms with Crippen LogP contribution in [0.25, 0.3) is 11.3 Å². The molecule has 2 aromatic rings. The molecule has 1 heterocycles. The van der Waals surface area contributed by atoms with Gasteiger partial charge in [-0.3, -0.25) is 5.10 Å². The highest BCUT2D eigenvalue weighted by atomic mass is 35.5. The number of halogens is 2. The molecule has 0 fully saturated rings. The average Bonchev–Trinajstić information content (AvgIpc) is 2.82. The van der Waals surface area contributed by atoms with E-state index in [0.29, 0.717) is 10.0 Å². The summed E-state index contributed by atoms with van der Waals surface area (Å²) in [6, 6.07) is 7.53. The van der Waals surface area contributed by atoms with Gasteiger partial charge in [0, 0.05) is 17.8 Å². The summed E-state index contributed by atoms with van der Waals surface area (Å²) in [5, 5.41) is 11.7. The molecule has 3 nitrogen and oxygen atoms in total. The predicted molar refractivity (Wildman–Crippen MR) is 76.0 cm³/mol. The van der Waals surface area contributed by atoms with Gasteiger partial charge in [-0.1, -0.05) is 42.3 Å². The van der Waals surface area contributed by atoms with Crippen LogP contribution in [0.5, 0.6) is 0 Å². The first-order chi connectivity index (χ1) is 8.72. The fourth-order valence-corrected chi connectivity index (χ4v) is 2.09. The average molecular weight is 284 g/mol. The second-order valence-corrected chi connectivity index (χ2v) is 4.84. The molecule has 0 atom stereocenters. The van der Waals surface area contributed by atoms with Gasteiger partial charge >= 0.3 is 0 Å². The normalized spacial score (nSPS) is 10.8.